The second kappa shape index (κ2) is 7.97. The summed E-state index contributed by atoms with van der Waals surface area (Å²) in [7, 11) is 1.79. The summed E-state index contributed by atoms with van der Waals surface area (Å²) in [5, 5.41) is 3.38. The zero-order chi connectivity index (χ0) is 15.2. The van der Waals surface area contributed by atoms with E-state index in [1.807, 2.05) is 0 Å². The highest BCUT2D eigenvalue weighted by atomic mass is 16.5. The highest BCUT2D eigenvalue weighted by Crippen LogP contribution is 2.24. The van der Waals surface area contributed by atoms with Gasteiger partial charge in [0.2, 0.25) is 0 Å². The molecule has 0 bridgehead atoms. The van der Waals surface area contributed by atoms with E-state index in [0.717, 1.165) is 37.3 Å². The lowest BCUT2D eigenvalue weighted by Gasteiger charge is -2.27. The van der Waals surface area contributed by atoms with Crippen LogP contribution in [0.4, 0.5) is 0 Å². The van der Waals surface area contributed by atoms with Gasteiger partial charge in [0.05, 0.1) is 18.8 Å². The summed E-state index contributed by atoms with van der Waals surface area (Å²) in [6.45, 7) is 7.70. The second-order valence-electron chi connectivity index (χ2n) is 6.31. The molecule has 1 aromatic rings. The number of hydrogen-bond acceptors (Lipinski definition) is 4. The standard InChI is InChI=1S/C17H29NO3/c1-12(2)18-10-17-13(3)8-16(21-17)11-20-15-7-5-6-14(9-15)19-4/h8,12,14-15,18H,5-7,9-11H2,1-4H3. The number of rotatable bonds is 7. The quantitative estimate of drug-likeness (QED) is 0.835. The van der Waals surface area contributed by atoms with Gasteiger partial charge in [0.15, 0.2) is 0 Å². The molecule has 2 rings (SSSR count). The Hall–Kier alpha value is -0.840. The van der Waals surface area contributed by atoms with E-state index < -0.39 is 0 Å². The van der Waals surface area contributed by atoms with Crippen LogP contribution in [0.15, 0.2) is 10.5 Å². The maximum atomic E-state index is 6.00. The van der Waals surface area contributed by atoms with E-state index >= 15 is 0 Å². The Bertz CT molecular complexity index is 428. The van der Waals surface area contributed by atoms with Gasteiger partial charge in [-0.3, -0.25) is 0 Å². The predicted molar refractivity (Wildman–Crippen MR) is 83.3 cm³/mol. The van der Waals surface area contributed by atoms with Gasteiger partial charge in [0, 0.05) is 13.2 Å². The molecule has 4 heteroatoms. The average Bonchev–Trinajstić information content (AvgIpc) is 2.83. The molecule has 1 aliphatic rings. The first kappa shape index (κ1) is 16.5. The van der Waals surface area contributed by atoms with Gasteiger partial charge >= 0.3 is 0 Å². The van der Waals surface area contributed by atoms with E-state index in [0.29, 0.717) is 24.9 Å². The molecular formula is C17H29NO3. The van der Waals surface area contributed by atoms with E-state index in [2.05, 4.69) is 32.2 Å². The third kappa shape index (κ3) is 5.13. The van der Waals surface area contributed by atoms with Crippen molar-refractivity contribution in [2.24, 2.45) is 0 Å². The topological polar surface area (TPSA) is 43.6 Å². The lowest BCUT2D eigenvalue weighted by Crippen LogP contribution is -2.27. The van der Waals surface area contributed by atoms with Crippen LogP contribution < -0.4 is 5.32 Å². The van der Waals surface area contributed by atoms with E-state index in [4.69, 9.17) is 13.9 Å². The maximum absolute atomic E-state index is 6.00. The molecule has 0 aliphatic heterocycles. The molecule has 1 saturated carbocycles. The van der Waals surface area contributed by atoms with E-state index in [1.165, 1.54) is 12.0 Å². The molecule has 0 aromatic carbocycles. The summed E-state index contributed by atoms with van der Waals surface area (Å²) in [6, 6.07) is 2.55. The number of nitrogens with one attached hydrogen (secondary N) is 1. The van der Waals surface area contributed by atoms with Gasteiger partial charge in [-0.25, -0.2) is 0 Å². The fraction of sp³-hybridized carbons (Fsp3) is 0.765. The van der Waals surface area contributed by atoms with Gasteiger partial charge in [-0.1, -0.05) is 13.8 Å². The SMILES string of the molecule is COC1CCCC(OCc2cc(C)c(CNC(C)C)o2)C1. The fourth-order valence-electron chi connectivity index (χ4n) is 2.80. The minimum absolute atomic E-state index is 0.298. The molecule has 21 heavy (non-hydrogen) atoms. The number of ether oxygens (including phenoxy) is 2. The van der Waals surface area contributed by atoms with Gasteiger partial charge in [0.25, 0.3) is 0 Å². The Morgan fingerprint density at radius 2 is 2.10 bits per heavy atom. The van der Waals surface area contributed by atoms with Crippen molar-refractivity contribution in [3.05, 3.63) is 23.2 Å². The summed E-state index contributed by atoms with van der Waals surface area (Å²) in [5.74, 6) is 1.94. The van der Waals surface area contributed by atoms with Crippen LogP contribution >= 0.6 is 0 Å². The molecule has 1 heterocycles. The number of methoxy groups -OCH3 is 1. The first-order chi connectivity index (χ1) is 10.1. The molecule has 120 valence electrons. The largest absolute Gasteiger partial charge is 0.462 e. The van der Waals surface area contributed by atoms with Crippen LogP contribution in [-0.4, -0.2) is 25.4 Å². The summed E-state index contributed by atoms with van der Waals surface area (Å²) < 4.78 is 17.3. The van der Waals surface area contributed by atoms with Gasteiger partial charge in [-0.15, -0.1) is 0 Å². The van der Waals surface area contributed by atoms with Gasteiger partial charge in [-0.2, -0.15) is 0 Å². The van der Waals surface area contributed by atoms with Gasteiger partial charge < -0.3 is 19.2 Å². The Morgan fingerprint density at radius 3 is 2.81 bits per heavy atom. The summed E-state index contributed by atoms with van der Waals surface area (Å²) in [6.07, 6.45) is 5.11. The maximum Gasteiger partial charge on any atom is 0.130 e. The highest BCUT2D eigenvalue weighted by Gasteiger charge is 2.22. The van der Waals surface area contributed by atoms with Crippen molar-refractivity contribution < 1.29 is 13.9 Å². The van der Waals surface area contributed by atoms with Crippen molar-refractivity contribution >= 4 is 0 Å². The third-order valence-electron chi connectivity index (χ3n) is 4.12. The smallest absolute Gasteiger partial charge is 0.130 e. The van der Waals surface area contributed by atoms with Crippen molar-refractivity contribution in [2.45, 2.75) is 77.9 Å². The monoisotopic (exact) mass is 295 g/mol. The molecule has 0 radical (unpaired) electrons. The van der Waals surface area contributed by atoms with Crippen molar-refractivity contribution in [3.8, 4) is 0 Å². The molecule has 2 atom stereocenters. The van der Waals surface area contributed by atoms with Gasteiger partial charge in [0.1, 0.15) is 18.1 Å². The second-order valence-corrected chi connectivity index (χ2v) is 6.31. The minimum Gasteiger partial charge on any atom is -0.462 e. The van der Waals surface area contributed by atoms with Crippen molar-refractivity contribution in [3.63, 3.8) is 0 Å². The van der Waals surface area contributed by atoms with Crippen LogP contribution in [0.25, 0.3) is 0 Å². The lowest BCUT2D eigenvalue weighted by molar-refractivity contribution is -0.0407. The zero-order valence-corrected chi connectivity index (χ0v) is 13.8. The van der Waals surface area contributed by atoms with E-state index in [9.17, 15) is 0 Å². The first-order valence-electron chi connectivity index (χ1n) is 8.04. The molecule has 0 spiro atoms. The van der Waals surface area contributed by atoms with Crippen LogP contribution in [-0.2, 0) is 22.6 Å². The fourth-order valence-corrected chi connectivity index (χ4v) is 2.80. The van der Waals surface area contributed by atoms with Crippen molar-refractivity contribution in [2.75, 3.05) is 7.11 Å². The van der Waals surface area contributed by atoms with Crippen LogP contribution in [0.3, 0.4) is 0 Å². The molecule has 1 aliphatic carbocycles. The normalized spacial score (nSPS) is 22.9. The zero-order valence-electron chi connectivity index (χ0n) is 13.8. The Balaban J connectivity index is 1.81. The lowest BCUT2D eigenvalue weighted by atomic mass is 9.95. The Labute approximate surface area is 128 Å². The summed E-state index contributed by atoms with van der Waals surface area (Å²) >= 11 is 0. The Kier molecular flexibility index (Phi) is 6.27. The molecule has 1 fully saturated rings. The van der Waals surface area contributed by atoms with Crippen LogP contribution in [0.2, 0.25) is 0 Å². The highest BCUT2D eigenvalue weighted by molar-refractivity contribution is 5.19. The third-order valence-corrected chi connectivity index (χ3v) is 4.12. The molecule has 1 aromatic heterocycles. The van der Waals surface area contributed by atoms with E-state index in [-0.39, 0.29) is 0 Å². The number of hydrogen-bond donors (Lipinski definition) is 1. The molecule has 0 amide bonds. The summed E-state index contributed by atoms with van der Waals surface area (Å²) in [5.41, 5.74) is 1.19. The Morgan fingerprint density at radius 1 is 1.33 bits per heavy atom. The predicted octanol–water partition coefficient (Wildman–Crippen LogP) is 3.56. The molecular weight excluding hydrogens is 266 g/mol. The average molecular weight is 295 g/mol. The number of furan rings is 1. The molecule has 1 N–H and O–H groups in total. The minimum atomic E-state index is 0.298. The number of aryl methyl sites for hydroxylation is 1. The van der Waals surface area contributed by atoms with Crippen molar-refractivity contribution in [1.29, 1.82) is 0 Å². The van der Waals surface area contributed by atoms with Crippen LogP contribution in [0, 0.1) is 6.92 Å². The summed E-state index contributed by atoms with van der Waals surface area (Å²) in [4.78, 5) is 0. The van der Waals surface area contributed by atoms with E-state index in [1.54, 1.807) is 7.11 Å². The van der Waals surface area contributed by atoms with Crippen LogP contribution in [0.1, 0.15) is 56.6 Å². The van der Waals surface area contributed by atoms with Crippen LogP contribution in [0.5, 0.6) is 0 Å². The first-order valence-corrected chi connectivity index (χ1v) is 8.04. The van der Waals surface area contributed by atoms with Gasteiger partial charge in [-0.05, 0) is 44.2 Å². The molecule has 4 nitrogen and oxygen atoms in total. The molecule has 0 saturated heterocycles. The van der Waals surface area contributed by atoms with Crippen molar-refractivity contribution in [1.82, 2.24) is 5.32 Å². The molecule has 2 unspecified atom stereocenters.